The Labute approximate surface area is 126 Å². The summed E-state index contributed by atoms with van der Waals surface area (Å²) in [5.41, 5.74) is 0.178. The van der Waals surface area contributed by atoms with Crippen LogP contribution in [0, 0.1) is 5.41 Å². The van der Waals surface area contributed by atoms with Crippen LogP contribution in [0.2, 0.25) is 0 Å². The number of carbonyl (C=O) groups excluding carboxylic acids is 1. The van der Waals surface area contributed by atoms with Crippen molar-refractivity contribution < 1.29 is 14.6 Å². The van der Waals surface area contributed by atoms with Crippen molar-refractivity contribution >= 4 is 12.2 Å². The molecule has 0 saturated heterocycles. The molecule has 0 heterocycles. The molecular formula is C17H25NO3. The first kappa shape index (κ1) is 17.2. The molecule has 0 bridgehead atoms. The Morgan fingerprint density at radius 2 is 1.90 bits per heavy atom. The number of carbonyl (C=O) groups is 1. The minimum Gasteiger partial charge on any atom is -0.507 e. The molecule has 1 atom stereocenters. The van der Waals surface area contributed by atoms with Gasteiger partial charge in [-0.05, 0) is 30.9 Å². The third-order valence-corrected chi connectivity index (χ3v) is 2.95. The highest BCUT2D eigenvalue weighted by Gasteiger charge is 2.30. The summed E-state index contributed by atoms with van der Waals surface area (Å²) in [6, 6.07) is 7.02. The lowest BCUT2D eigenvalue weighted by atomic mass is 9.81. The molecule has 0 aliphatic carbocycles. The number of nitrogens with zero attached hydrogens (tertiary/aromatic N) is 1. The predicted octanol–water partition coefficient (Wildman–Crippen LogP) is 3.57. The number of esters is 1. The largest absolute Gasteiger partial charge is 0.507 e. The average Bonchev–Trinajstić information content (AvgIpc) is 2.34. The van der Waals surface area contributed by atoms with Crippen molar-refractivity contribution in [2.45, 2.75) is 46.6 Å². The molecule has 0 saturated carbocycles. The van der Waals surface area contributed by atoms with Crippen LogP contribution in [0.25, 0.3) is 0 Å². The average molecular weight is 291 g/mol. The molecule has 116 valence electrons. The summed E-state index contributed by atoms with van der Waals surface area (Å²) in [4.78, 5) is 15.7. The van der Waals surface area contributed by atoms with E-state index in [0.717, 1.165) is 6.42 Å². The number of hydrogen-bond acceptors (Lipinski definition) is 4. The molecular weight excluding hydrogens is 266 g/mol. The van der Waals surface area contributed by atoms with Gasteiger partial charge in [0.05, 0.1) is 5.54 Å². The van der Waals surface area contributed by atoms with E-state index in [9.17, 15) is 9.90 Å². The lowest BCUT2D eigenvalue weighted by molar-refractivity contribution is -0.142. The zero-order valence-electron chi connectivity index (χ0n) is 13.5. The predicted molar refractivity (Wildman–Crippen MR) is 84.8 cm³/mol. The highest BCUT2D eigenvalue weighted by Crippen LogP contribution is 2.30. The zero-order valence-corrected chi connectivity index (χ0v) is 13.5. The fourth-order valence-corrected chi connectivity index (χ4v) is 2.36. The summed E-state index contributed by atoms with van der Waals surface area (Å²) in [5, 5.41) is 9.78. The van der Waals surface area contributed by atoms with E-state index in [-0.39, 0.29) is 23.7 Å². The van der Waals surface area contributed by atoms with Crippen molar-refractivity contribution in [3.05, 3.63) is 29.8 Å². The molecule has 4 nitrogen and oxygen atoms in total. The molecule has 1 aromatic carbocycles. The van der Waals surface area contributed by atoms with Gasteiger partial charge in [0.2, 0.25) is 0 Å². The Morgan fingerprint density at radius 3 is 2.43 bits per heavy atom. The van der Waals surface area contributed by atoms with Gasteiger partial charge < -0.3 is 9.84 Å². The molecule has 1 N–H and O–H groups in total. The molecule has 21 heavy (non-hydrogen) atoms. The molecule has 0 spiro atoms. The van der Waals surface area contributed by atoms with Gasteiger partial charge in [0, 0.05) is 18.7 Å². The zero-order chi connectivity index (χ0) is 16.1. The van der Waals surface area contributed by atoms with Crippen molar-refractivity contribution in [3.8, 4) is 5.75 Å². The van der Waals surface area contributed by atoms with Gasteiger partial charge in [0.25, 0.3) is 0 Å². The van der Waals surface area contributed by atoms with Crippen LogP contribution >= 0.6 is 0 Å². The van der Waals surface area contributed by atoms with E-state index in [0.29, 0.717) is 5.56 Å². The lowest BCUT2D eigenvalue weighted by Gasteiger charge is -2.31. The molecule has 0 amide bonds. The maximum Gasteiger partial charge on any atom is 0.302 e. The Morgan fingerprint density at radius 1 is 1.29 bits per heavy atom. The number of phenolic OH excluding ortho intramolecular Hbond substituents is 1. The highest BCUT2D eigenvalue weighted by atomic mass is 16.5. The van der Waals surface area contributed by atoms with Gasteiger partial charge in [0.1, 0.15) is 12.4 Å². The monoisotopic (exact) mass is 291 g/mol. The van der Waals surface area contributed by atoms with E-state index in [1.807, 2.05) is 13.0 Å². The normalized spacial score (nSPS) is 14.9. The van der Waals surface area contributed by atoms with Crippen LogP contribution < -0.4 is 0 Å². The number of aromatic hydroxyl groups is 1. The Kier molecular flexibility index (Phi) is 5.53. The van der Waals surface area contributed by atoms with Gasteiger partial charge in [-0.3, -0.25) is 9.79 Å². The fraction of sp³-hybridized carbons (Fsp3) is 0.529. The minimum atomic E-state index is -0.522. The second-order valence-corrected chi connectivity index (χ2v) is 6.83. The Bertz CT molecular complexity index is 517. The molecule has 0 aliphatic rings. The number of phenols is 1. The van der Waals surface area contributed by atoms with Crippen LogP contribution in [0.5, 0.6) is 5.75 Å². The van der Waals surface area contributed by atoms with Crippen LogP contribution in [0.3, 0.4) is 0 Å². The van der Waals surface area contributed by atoms with Crippen LogP contribution in [-0.2, 0) is 9.53 Å². The van der Waals surface area contributed by atoms with Gasteiger partial charge in [-0.2, -0.15) is 0 Å². The first-order valence-electron chi connectivity index (χ1n) is 7.08. The Hall–Kier alpha value is -1.84. The van der Waals surface area contributed by atoms with E-state index >= 15 is 0 Å². The molecule has 4 heteroatoms. The first-order chi connectivity index (χ1) is 9.61. The van der Waals surface area contributed by atoms with E-state index in [1.54, 1.807) is 24.4 Å². The minimum absolute atomic E-state index is 0.0466. The second-order valence-electron chi connectivity index (χ2n) is 6.83. The van der Waals surface area contributed by atoms with E-state index in [4.69, 9.17) is 4.74 Å². The molecule has 1 unspecified atom stereocenters. The van der Waals surface area contributed by atoms with Crippen molar-refractivity contribution in [1.29, 1.82) is 0 Å². The molecule has 1 rings (SSSR count). The summed E-state index contributed by atoms with van der Waals surface area (Å²) in [5.74, 6) is -0.125. The highest BCUT2D eigenvalue weighted by molar-refractivity contribution is 5.83. The van der Waals surface area contributed by atoms with Crippen molar-refractivity contribution in [2.24, 2.45) is 10.4 Å². The van der Waals surface area contributed by atoms with Crippen molar-refractivity contribution in [3.63, 3.8) is 0 Å². The number of hydrogen-bond donors (Lipinski definition) is 1. The van der Waals surface area contributed by atoms with Crippen molar-refractivity contribution in [2.75, 3.05) is 6.61 Å². The molecule has 1 aromatic rings. The first-order valence-corrected chi connectivity index (χ1v) is 7.08. The number of para-hydroxylation sites is 1. The Balaban J connectivity index is 2.96. The summed E-state index contributed by atoms with van der Waals surface area (Å²) >= 11 is 0. The third-order valence-electron chi connectivity index (χ3n) is 2.95. The van der Waals surface area contributed by atoms with Gasteiger partial charge in [0.15, 0.2) is 0 Å². The topological polar surface area (TPSA) is 58.9 Å². The molecule has 0 radical (unpaired) electrons. The van der Waals surface area contributed by atoms with Gasteiger partial charge in [-0.1, -0.05) is 32.9 Å². The fourth-order valence-electron chi connectivity index (χ4n) is 2.36. The quantitative estimate of drug-likeness (QED) is 0.666. The summed E-state index contributed by atoms with van der Waals surface area (Å²) in [6.45, 7) is 9.93. The van der Waals surface area contributed by atoms with E-state index < -0.39 is 5.54 Å². The maximum absolute atomic E-state index is 11.1. The lowest BCUT2D eigenvalue weighted by Crippen LogP contribution is -2.34. The standard InChI is InChI=1S/C17H25NO3/c1-13(19)21-12-17(5,11-16(2,3)4)18-10-14-8-6-7-9-15(14)20/h6-10,20H,11-12H2,1-5H3. The van der Waals surface area contributed by atoms with Gasteiger partial charge >= 0.3 is 5.97 Å². The van der Waals surface area contributed by atoms with E-state index in [2.05, 4.69) is 25.8 Å². The van der Waals surface area contributed by atoms with Crippen LogP contribution in [0.4, 0.5) is 0 Å². The SMILES string of the molecule is CC(=O)OCC(C)(CC(C)(C)C)N=Cc1ccccc1O. The maximum atomic E-state index is 11.1. The smallest absolute Gasteiger partial charge is 0.302 e. The number of ether oxygens (including phenoxy) is 1. The van der Waals surface area contributed by atoms with Crippen LogP contribution in [-0.4, -0.2) is 29.4 Å². The number of rotatable bonds is 5. The third kappa shape index (κ3) is 6.43. The van der Waals surface area contributed by atoms with Gasteiger partial charge in [-0.25, -0.2) is 0 Å². The number of benzene rings is 1. The summed E-state index contributed by atoms with van der Waals surface area (Å²) in [7, 11) is 0. The summed E-state index contributed by atoms with van der Waals surface area (Å²) < 4.78 is 5.16. The van der Waals surface area contributed by atoms with Gasteiger partial charge in [-0.15, -0.1) is 0 Å². The molecule has 0 aliphatic heterocycles. The van der Waals surface area contributed by atoms with Crippen molar-refractivity contribution in [1.82, 2.24) is 0 Å². The van der Waals surface area contributed by atoms with E-state index in [1.165, 1.54) is 6.92 Å². The summed E-state index contributed by atoms with van der Waals surface area (Å²) in [6.07, 6.45) is 2.40. The van der Waals surface area contributed by atoms with Crippen LogP contribution in [0.15, 0.2) is 29.3 Å². The molecule has 0 fully saturated rings. The number of aliphatic imine (C=N–C) groups is 1. The molecule has 0 aromatic heterocycles. The van der Waals surface area contributed by atoms with Crippen LogP contribution in [0.1, 0.15) is 46.6 Å². The second kappa shape index (κ2) is 6.74.